The fraction of sp³-hybridized carbons (Fsp3) is 0.500. The highest BCUT2D eigenvalue weighted by molar-refractivity contribution is 9.10. The van der Waals surface area contributed by atoms with Crippen LogP contribution in [0.1, 0.15) is 41.9 Å². The second-order valence-electron chi connectivity index (χ2n) is 4.99. The van der Waals surface area contributed by atoms with Gasteiger partial charge in [-0.1, -0.05) is 22.0 Å². The molecule has 0 heterocycles. The Hall–Kier alpha value is -0.830. The van der Waals surface area contributed by atoms with Crippen molar-refractivity contribution in [1.82, 2.24) is 0 Å². The molecule has 0 radical (unpaired) electrons. The van der Waals surface area contributed by atoms with Gasteiger partial charge in [-0.2, -0.15) is 0 Å². The van der Waals surface area contributed by atoms with Crippen LogP contribution in [0.2, 0.25) is 0 Å². The summed E-state index contributed by atoms with van der Waals surface area (Å²) in [7, 11) is 0. The number of aryl methyl sites for hydroxylation is 1. The lowest BCUT2D eigenvalue weighted by Gasteiger charge is -2.17. The summed E-state index contributed by atoms with van der Waals surface area (Å²) >= 11 is 3.55. The van der Waals surface area contributed by atoms with Gasteiger partial charge in [0.05, 0.1) is 6.42 Å². The minimum absolute atomic E-state index is 0.183. The van der Waals surface area contributed by atoms with E-state index >= 15 is 0 Å². The number of benzene rings is 1. The Bertz CT molecular complexity index is 427. The second kappa shape index (κ2) is 4.81. The van der Waals surface area contributed by atoms with Gasteiger partial charge in [-0.15, -0.1) is 0 Å². The molecule has 0 saturated heterocycles. The molecule has 0 aromatic heterocycles. The first kappa shape index (κ1) is 12.6. The van der Waals surface area contributed by atoms with Crippen LogP contribution in [0.25, 0.3) is 0 Å². The van der Waals surface area contributed by atoms with E-state index in [0.29, 0.717) is 5.92 Å². The molecular weight excluding hydrogens is 280 g/mol. The first-order chi connectivity index (χ1) is 7.99. The number of carbonyl (C=O) groups is 1. The van der Waals surface area contributed by atoms with Crippen molar-refractivity contribution < 1.29 is 9.90 Å². The Morgan fingerprint density at radius 3 is 2.59 bits per heavy atom. The number of hydrogen-bond donors (Lipinski definition) is 1. The predicted octanol–water partition coefficient (Wildman–Crippen LogP) is 4.03. The fourth-order valence-corrected chi connectivity index (χ4v) is 2.88. The Balaban J connectivity index is 2.32. The maximum absolute atomic E-state index is 10.9. The summed E-state index contributed by atoms with van der Waals surface area (Å²) in [4.78, 5) is 10.9. The van der Waals surface area contributed by atoms with Gasteiger partial charge in [0.2, 0.25) is 0 Å². The molecule has 1 atom stereocenters. The van der Waals surface area contributed by atoms with E-state index in [0.717, 1.165) is 4.47 Å². The lowest BCUT2D eigenvalue weighted by atomic mass is 9.89. The minimum Gasteiger partial charge on any atom is -0.481 e. The van der Waals surface area contributed by atoms with E-state index < -0.39 is 5.97 Å². The number of aliphatic carboxylic acids is 1. The summed E-state index contributed by atoms with van der Waals surface area (Å²) in [5, 5.41) is 9.00. The molecule has 1 aromatic carbocycles. The highest BCUT2D eigenvalue weighted by atomic mass is 79.9. The van der Waals surface area contributed by atoms with E-state index in [2.05, 4.69) is 41.9 Å². The maximum atomic E-state index is 10.9. The number of halogens is 1. The molecule has 1 unspecified atom stereocenters. The predicted molar refractivity (Wildman–Crippen MR) is 71.3 cm³/mol. The van der Waals surface area contributed by atoms with E-state index in [4.69, 9.17) is 5.11 Å². The van der Waals surface area contributed by atoms with E-state index in [1.807, 2.05) is 0 Å². The van der Waals surface area contributed by atoms with E-state index in [1.54, 1.807) is 0 Å². The molecule has 1 aromatic rings. The standard InChI is InChI=1S/C14H17BrO2/c1-8-5-11(6-13(15)9(8)2)12(7-14(16)17)10-3-4-10/h5-6,10,12H,3-4,7H2,1-2H3,(H,16,17). The van der Waals surface area contributed by atoms with Gasteiger partial charge >= 0.3 is 5.97 Å². The van der Waals surface area contributed by atoms with Crippen LogP contribution in [0.4, 0.5) is 0 Å². The molecule has 17 heavy (non-hydrogen) atoms. The van der Waals surface area contributed by atoms with Gasteiger partial charge in [-0.05, 0) is 61.3 Å². The van der Waals surface area contributed by atoms with Crippen molar-refractivity contribution in [1.29, 1.82) is 0 Å². The highest BCUT2D eigenvalue weighted by Crippen LogP contribution is 2.45. The van der Waals surface area contributed by atoms with Crippen molar-refractivity contribution >= 4 is 21.9 Å². The van der Waals surface area contributed by atoms with Crippen LogP contribution in [0, 0.1) is 19.8 Å². The number of hydrogen-bond acceptors (Lipinski definition) is 1. The van der Waals surface area contributed by atoms with E-state index in [1.165, 1.54) is 29.5 Å². The number of carboxylic acids is 1. The Labute approximate surface area is 110 Å². The zero-order chi connectivity index (χ0) is 12.6. The molecule has 0 amide bonds. The normalized spacial score (nSPS) is 16.9. The lowest BCUT2D eigenvalue weighted by molar-refractivity contribution is -0.137. The van der Waals surface area contributed by atoms with Crippen LogP contribution < -0.4 is 0 Å². The van der Waals surface area contributed by atoms with Gasteiger partial charge in [0, 0.05) is 4.47 Å². The molecule has 0 aliphatic heterocycles. The zero-order valence-corrected chi connectivity index (χ0v) is 11.8. The second-order valence-corrected chi connectivity index (χ2v) is 5.84. The van der Waals surface area contributed by atoms with Gasteiger partial charge in [-0.3, -0.25) is 4.79 Å². The molecule has 1 saturated carbocycles. The summed E-state index contributed by atoms with van der Waals surface area (Å²) in [5.41, 5.74) is 3.63. The summed E-state index contributed by atoms with van der Waals surface area (Å²) in [6.07, 6.45) is 2.59. The molecule has 1 aliphatic rings. The molecule has 2 rings (SSSR count). The molecular formula is C14H17BrO2. The smallest absolute Gasteiger partial charge is 0.303 e. The van der Waals surface area contributed by atoms with Crippen LogP contribution >= 0.6 is 15.9 Å². The summed E-state index contributed by atoms with van der Waals surface area (Å²) in [5.74, 6) is 0.0551. The first-order valence-corrected chi connectivity index (χ1v) is 6.76. The van der Waals surface area contributed by atoms with Crippen LogP contribution in [-0.2, 0) is 4.79 Å². The van der Waals surface area contributed by atoms with E-state index in [9.17, 15) is 4.79 Å². The van der Waals surface area contributed by atoms with Crippen LogP contribution in [0.15, 0.2) is 16.6 Å². The Morgan fingerprint density at radius 2 is 2.12 bits per heavy atom. The van der Waals surface area contributed by atoms with Crippen LogP contribution in [-0.4, -0.2) is 11.1 Å². The lowest BCUT2D eigenvalue weighted by Crippen LogP contribution is -2.09. The third-order valence-electron chi connectivity index (χ3n) is 3.64. The SMILES string of the molecule is Cc1cc(C(CC(=O)O)C2CC2)cc(Br)c1C. The Kier molecular flexibility index (Phi) is 3.57. The van der Waals surface area contributed by atoms with Gasteiger partial charge in [-0.25, -0.2) is 0 Å². The summed E-state index contributed by atoms with van der Waals surface area (Å²) in [6, 6.07) is 4.24. The fourth-order valence-electron chi connectivity index (χ4n) is 2.30. The monoisotopic (exact) mass is 296 g/mol. The van der Waals surface area contributed by atoms with Crippen molar-refractivity contribution in [3.8, 4) is 0 Å². The highest BCUT2D eigenvalue weighted by Gasteiger charge is 2.34. The minimum atomic E-state index is -0.698. The number of carboxylic acid groups (broad SMARTS) is 1. The molecule has 1 aliphatic carbocycles. The topological polar surface area (TPSA) is 37.3 Å². The molecule has 0 spiro atoms. The molecule has 3 heteroatoms. The van der Waals surface area contributed by atoms with E-state index in [-0.39, 0.29) is 12.3 Å². The first-order valence-electron chi connectivity index (χ1n) is 5.97. The van der Waals surface area contributed by atoms with Crippen molar-refractivity contribution in [3.63, 3.8) is 0 Å². The average molecular weight is 297 g/mol. The summed E-state index contributed by atoms with van der Waals surface area (Å²) in [6.45, 7) is 4.15. The molecule has 1 N–H and O–H groups in total. The van der Waals surface area contributed by atoms with Crippen molar-refractivity contribution in [2.24, 2.45) is 5.92 Å². The van der Waals surface area contributed by atoms with Crippen LogP contribution in [0.3, 0.4) is 0 Å². The van der Waals surface area contributed by atoms with Crippen LogP contribution in [0.5, 0.6) is 0 Å². The summed E-state index contributed by atoms with van der Waals surface area (Å²) < 4.78 is 1.09. The van der Waals surface area contributed by atoms with Crippen molar-refractivity contribution in [2.75, 3.05) is 0 Å². The maximum Gasteiger partial charge on any atom is 0.303 e. The van der Waals surface area contributed by atoms with Gasteiger partial charge in [0.25, 0.3) is 0 Å². The molecule has 92 valence electrons. The number of rotatable bonds is 4. The average Bonchev–Trinajstić information content (AvgIpc) is 3.05. The molecule has 2 nitrogen and oxygen atoms in total. The Morgan fingerprint density at radius 1 is 1.47 bits per heavy atom. The van der Waals surface area contributed by atoms with Gasteiger partial charge < -0.3 is 5.11 Å². The largest absolute Gasteiger partial charge is 0.481 e. The quantitative estimate of drug-likeness (QED) is 0.911. The zero-order valence-electron chi connectivity index (χ0n) is 10.2. The molecule has 0 bridgehead atoms. The third kappa shape index (κ3) is 2.89. The van der Waals surface area contributed by atoms with Gasteiger partial charge in [0.15, 0.2) is 0 Å². The molecule has 1 fully saturated rings. The van der Waals surface area contributed by atoms with Crippen molar-refractivity contribution in [2.45, 2.75) is 39.0 Å². The van der Waals surface area contributed by atoms with Gasteiger partial charge in [0.1, 0.15) is 0 Å². The third-order valence-corrected chi connectivity index (χ3v) is 4.46. The van der Waals surface area contributed by atoms with Crippen molar-refractivity contribution in [3.05, 3.63) is 33.3 Å².